The number of hydrogen-bond acceptors (Lipinski definition) is 4. The fourth-order valence-electron chi connectivity index (χ4n) is 2.59. The van der Waals surface area contributed by atoms with Gasteiger partial charge in [-0.3, -0.25) is 0 Å². The van der Waals surface area contributed by atoms with Crippen LogP contribution in [0.15, 0.2) is 18.2 Å². The molecule has 1 amide bonds. The molecule has 1 aliphatic heterocycles. The van der Waals surface area contributed by atoms with E-state index in [0.717, 1.165) is 23.5 Å². The molecule has 5 heteroatoms. The first kappa shape index (κ1) is 16.5. The zero-order chi connectivity index (χ0) is 16.3. The van der Waals surface area contributed by atoms with E-state index >= 15 is 0 Å². The maximum atomic E-state index is 12.1. The van der Waals surface area contributed by atoms with Gasteiger partial charge in [0, 0.05) is 25.1 Å². The van der Waals surface area contributed by atoms with Gasteiger partial charge < -0.3 is 19.1 Å². The fraction of sp³-hybridized carbons (Fsp3) is 0.588. The molecule has 1 heterocycles. The number of likely N-dealkylation sites (tertiary alicyclic amines) is 1. The lowest BCUT2D eigenvalue weighted by Gasteiger charge is -2.24. The van der Waals surface area contributed by atoms with E-state index in [2.05, 4.69) is 0 Å². The van der Waals surface area contributed by atoms with Gasteiger partial charge in [-0.25, -0.2) is 4.79 Å². The summed E-state index contributed by atoms with van der Waals surface area (Å²) in [5, 5.41) is 0. The van der Waals surface area contributed by atoms with E-state index in [-0.39, 0.29) is 12.0 Å². The van der Waals surface area contributed by atoms with Crippen LogP contribution < -0.4 is 9.47 Å². The summed E-state index contributed by atoms with van der Waals surface area (Å²) in [5.41, 5.74) is 0.663. The van der Waals surface area contributed by atoms with Crippen molar-refractivity contribution >= 4 is 6.09 Å². The molecule has 1 fully saturated rings. The van der Waals surface area contributed by atoms with E-state index in [9.17, 15) is 4.79 Å². The Morgan fingerprint density at radius 3 is 2.23 bits per heavy atom. The van der Waals surface area contributed by atoms with E-state index in [0.29, 0.717) is 13.1 Å². The van der Waals surface area contributed by atoms with Gasteiger partial charge in [0.1, 0.15) is 17.1 Å². The van der Waals surface area contributed by atoms with Gasteiger partial charge in [-0.2, -0.15) is 0 Å². The molecule has 22 heavy (non-hydrogen) atoms. The summed E-state index contributed by atoms with van der Waals surface area (Å²) in [6, 6.07) is 5.86. The Morgan fingerprint density at radius 2 is 1.73 bits per heavy atom. The quantitative estimate of drug-likeness (QED) is 0.858. The zero-order valence-electron chi connectivity index (χ0n) is 14.0. The molecule has 0 radical (unpaired) electrons. The van der Waals surface area contributed by atoms with Crippen molar-refractivity contribution in [2.24, 2.45) is 0 Å². The molecule has 1 atom stereocenters. The van der Waals surface area contributed by atoms with E-state index in [4.69, 9.17) is 14.2 Å². The van der Waals surface area contributed by atoms with Crippen molar-refractivity contribution in [1.82, 2.24) is 4.90 Å². The third kappa shape index (κ3) is 4.06. The molecule has 1 saturated heterocycles. The number of benzene rings is 1. The Bertz CT molecular complexity index is 514. The molecule has 122 valence electrons. The van der Waals surface area contributed by atoms with Gasteiger partial charge in [0.2, 0.25) is 0 Å². The van der Waals surface area contributed by atoms with Gasteiger partial charge in [0.15, 0.2) is 0 Å². The maximum absolute atomic E-state index is 12.1. The van der Waals surface area contributed by atoms with E-state index in [1.807, 2.05) is 39.0 Å². The Balaban J connectivity index is 2.08. The van der Waals surface area contributed by atoms with Gasteiger partial charge in [0.25, 0.3) is 0 Å². The number of rotatable bonds is 3. The third-order valence-corrected chi connectivity index (χ3v) is 3.69. The second-order valence-corrected chi connectivity index (χ2v) is 6.56. The summed E-state index contributed by atoms with van der Waals surface area (Å²) in [7, 11) is 3.28. The Labute approximate surface area is 132 Å². The molecule has 1 aromatic carbocycles. The first-order chi connectivity index (χ1) is 10.3. The standard InChI is InChI=1S/C17H25NO4/c1-17(2,3)22-16(19)18-7-6-12(11-18)13-8-14(20-4)10-15(9-13)21-5/h8-10,12H,6-7,11H2,1-5H3. The number of carbonyl (C=O) groups excluding carboxylic acids is 1. The minimum atomic E-state index is -0.464. The number of methoxy groups -OCH3 is 2. The summed E-state index contributed by atoms with van der Waals surface area (Å²) < 4.78 is 16.1. The first-order valence-electron chi connectivity index (χ1n) is 7.53. The topological polar surface area (TPSA) is 48.0 Å². The highest BCUT2D eigenvalue weighted by molar-refractivity contribution is 5.68. The molecule has 0 aliphatic carbocycles. The lowest BCUT2D eigenvalue weighted by molar-refractivity contribution is 0.0292. The second-order valence-electron chi connectivity index (χ2n) is 6.56. The Kier molecular flexibility index (Phi) is 4.84. The van der Waals surface area contributed by atoms with Crippen LogP contribution in [-0.4, -0.2) is 43.9 Å². The van der Waals surface area contributed by atoms with Crippen molar-refractivity contribution in [2.75, 3.05) is 27.3 Å². The minimum absolute atomic E-state index is 0.245. The van der Waals surface area contributed by atoms with Gasteiger partial charge in [-0.1, -0.05) is 0 Å². The number of carbonyl (C=O) groups is 1. The predicted octanol–water partition coefficient (Wildman–Crippen LogP) is 3.43. The van der Waals surface area contributed by atoms with Crippen molar-refractivity contribution < 1.29 is 19.0 Å². The van der Waals surface area contributed by atoms with Crippen molar-refractivity contribution in [3.63, 3.8) is 0 Å². The van der Waals surface area contributed by atoms with Crippen LogP contribution in [-0.2, 0) is 4.74 Å². The predicted molar refractivity (Wildman–Crippen MR) is 84.7 cm³/mol. The fourth-order valence-corrected chi connectivity index (χ4v) is 2.59. The highest BCUT2D eigenvalue weighted by Gasteiger charge is 2.30. The monoisotopic (exact) mass is 307 g/mol. The second kappa shape index (κ2) is 6.46. The molecule has 0 spiro atoms. The van der Waals surface area contributed by atoms with Crippen LogP contribution in [0.25, 0.3) is 0 Å². The minimum Gasteiger partial charge on any atom is -0.497 e. The van der Waals surface area contributed by atoms with Crippen molar-refractivity contribution in [3.8, 4) is 11.5 Å². The number of nitrogens with zero attached hydrogens (tertiary/aromatic N) is 1. The van der Waals surface area contributed by atoms with E-state index < -0.39 is 5.60 Å². The number of amides is 1. The van der Waals surface area contributed by atoms with Crippen LogP contribution in [0.1, 0.15) is 38.7 Å². The van der Waals surface area contributed by atoms with Crippen molar-refractivity contribution in [2.45, 2.75) is 38.7 Å². The smallest absolute Gasteiger partial charge is 0.410 e. The van der Waals surface area contributed by atoms with Gasteiger partial charge in [0.05, 0.1) is 14.2 Å². The first-order valence-corrected chi connectivity index (χ1v) is 7.53. The molecular formula is C17H25NO4. The van der Waals surface area contributed by atoms with Crippen LogP contribution in [0, 0.1) is 0 Å². The lowest BCUT2D eigenvalue weighted by atomic mass is 9.98. The Hall–Kier alpha value is -1.91. The molecule has 1 aliphatic rings. The van der Waals surface area contributed by atoms with Crippen LogP contribution in [0.4, 0.5) is 4.79 Å². The third-order valence-electron chi connectivity index (χ3n) is 3.69. The van der Waals surface area contributed by atoms with Crippen LogP contribution in [0.2, 0.25) is 0 Å². The van der Waals surface area contributed by atoms with Crippen molar-refractivity contribution in [3.05, 3.63) is 23.8 Å². The summed E-state index contributed by atoms with van der Waals surface area (Å²) in [6.45, 7) is 7.01. The van der Waals surface area contributed by atoms with Crippen LogP contribution in [0.3, 0.4) is 0 Å². The van der Waals surface area contributed by atoms with E-state index in [1.54, 1.807) is 19.1 Å². The summed E-state index contributed by atoms with van der Waals surface area (Å²) in [5.74, 6) is 1.81. The van der Waals surface area contributed by atoms with Gasteiger partial charge in [-0.15, -0.1) is 0 Å². The molecule has 0 bridgehead atoms. The number of ether oxygens (including phenoxy) is 3. The Morgan fingerprint density at radius 1 is 1.14 bits per heavy atom. The average Bonchev–Trinajstić information content (AvgIpc) is 2.95. The lowest BCUT2D eigenvalue weighted by Crippen LogP contribution is -2.35. The SMILES string of the molecule is COc1cc(OC)cc(C2CCN(C(=O)OC(C)(C)C)C2)c1. The highest BCUT2D eigenvalue weighted by Crippen LogP contribution is 2.33. The highest BCUT2D eigenvalue weighted by atomic mass is 16.6. The molecule has 0 N–H and O–H groups in total. The van der Waals surface area contributed by atoms with Crippen LogP contribution >= 0.6 is 0 Å². The summed E-state index contributed by atoms with van der Waals surface area (Å²) >= 11 is 0. The van der Waals surface area contributed by atoms with Crippen molar-refractivity contribution in [1.29, 1.82) is 0 Å². The summed E-state index contributed by atoms with van der Waals surface area (Å²) in [6.07, 6.45) is 0.667. The molecule has 1 unspecified atom stereocenters. The maximum Gasteiger partial charge on any atom is 0.410 e. The molecule has 2 rings (SSSR count). The number of hydrogen-bond donors (Lipinski definition) is 0. The van der Waals surface area contributed by atoms with Gasteiger partial charge >= 0.3 is 6.09 Å². The molecule has 5 nitrogen and oxygen atoms in total. The molecular weight excluding hydrogens is 282 g/mol. The average molecular weight is 307 g/mol. The molecule has 0 aromatic heterocycles. The zero-order valence-corrected chi connectivity index (χ0v) is 14.0. The largest absolute Gasteiger partial charge is 0.497 e. The van der Waals surface area contributed by atoms with Gasteiger partial charge in [-0.05, 0) is 44.9 Å². The molecule has 1 aromatic rings. The normalized spacial score (nSPS) is 18.2. The summed E-state index contributed by atoms with van der Waals surface area (Å²) in [4.78, 5) is 13.9. The molecule has 0 saturated carbocycles. The van der Waals surface area contributed by atoms with E-state index in [1.165, 1.54) is 0 Å². The van der Waals surface area contributed by atoms with Crippen LogP contribution in [0.5, 0.6) is 11.5 Å².